The van der Waals surface area contributed by atoms with Gasteiger partial charge in [-0.15, -0.1) is 0 Å². The molecule has 0 fully saturated rings. The zero-order valence-corrected chi connectivity index (χ0v) is 16.4. The Morgan fingerprint density at radius 2 is 1.03 bits per heavy atom. The van der Waals surface area contributed by atoms with Crippen LogP contribution in [0.15, 0.2) is 103 Å². The molecule has 0 N–H and O–H groups in total. The molecular formula is C28H17Cl. The Hall–Kier alpha value is -3.35. The Balaban J connectivity index is 1.57. The van der Waals surface area contributed by atoms with Crippen molar-refractivity contribution in [1.82, 2.24) is 0 Å². The third-order valence-electron chi connectivity index (χ3n) is 5.90. The number of fused-ring (bicyclic) bond motifs is 3. The van der Waals surface area contributed by atoms with Gasteiger partial charge in [0.1, 0.15) is 0 Å². The molecule has 6 rings (SSSR count). The van der Waals surface area contributed by atoms with Crippen LogP contribution in [0.1, 0.15) is 0 Å². The van der Waals surface area contributed by atoms with E-state index in [2.05, 4.69) is 91.0 Å². The van der Waals surface area contributed by atoms with Gasteiger partial charge < -0.3 is 0 Å². The van der Waals surface area contributed by atoms with Gasteiger partial charge in [0.2, 0.25) is 0 Å². The molecule has 0 saturated heterocycles. The minimum Gasteiger partial charge on any atom is -0.0843 e. The van der Waals surface area contributed by atoms with E-state index in [1.54, 1.807) is 0 Å². The third-order valence-corrected chi connectivity index (χ3v) is 6.15. The van der Waals surface area contributed by atoms with Crippen molar-refractivity contribution in [3.8, 4) is 44.5 Å². The van der Waals surface area contributed by atoms with Crippen molar-refractivity contribution in [2.45, 2.75) is 0 Å². The van der Waals surface area contributed by atoms with Crippen LogP contribution in [0, 0.1) is 0 Å². The van der Waals surface area contributed by atoms with Gasteiger partial charge in [-0.1, -0.05) is 96.5 Å². The summed E-state index contributed by atoms with van der Waals surface area (Å²) in [6.45, 7) is 0. The molecule has 136 valence electrons. The Bertz CT molecular complexity index is 1360. The third kappa shape index (κ3) is 2.53. The molecule has 29 heavy (non-hydrogen) atoms. The van der Waals surface area contributed by atoms with Crippen LogP contribution in [0.4, 0.5) is 0 Å². The van der Waals surface area contributed by atoms with Gasteiger partial charge in [0.05, 0.1) is 0 Å². The SMILES string of the molecule is Clc1ccc(-c2cccc(-c3ccc4c5c(cccc35)-c3ccccc3-4)c2)cc1. The van der Waals surface area contributed by atoms with Crippen LogP contribution in [0.5, 0.6) is 0 Å². The number of benzene rings is 5. The number of rotatable bonds is 2. The lowest BCUT2D eigenvalue weighted by molar-refractivity contribution is 1.60. The largest absolute Gasteiger partial charge is 0.0843 e. The lowest BCUT2D eigenvalue weighted by Crippen LogP contribution is -1.85. The van der Waals surface area contributed by atoms with Crippen molar-refractivity contribution < 1.29 is 0 Å². The fourth-order valence-electron chi connectivity index (χ4n) is 4.57. The standard InChI is InChI=1S/C28H17Cl/c29-21-13-11-18(12-14-21)19-5-3-6-20(17-19)22-15-16-27-24-8-2-1-7-23(24)26-10-4-9-25(22)28(26)27/h1-17H. The molecule has 0 saturated carbocycles. The van der Waals surface area contributed by atoms with E-state index < -0.39 is 0 Å². The topological polar surface area (TPSA) is 0 Å². The normalized spacial score (nSPS) is 11.6. The fraction of sp³-hybridized carbons (Fsp3) is 0. The summed E-state index contributed by atoms with van der Waals surface area (Å²) in [7, 11) is 0. The second-order valence-electron chi connectivity index (χ2n) is 7.52. The van der Waals surface area contributed by atoms with Crippen molar-refractivity contribution in [3.05, 3.63) is 108 Å². The Labute approximate surface area is 175 Å². The summed E-state index contributed by atoms with van der Waals surface area (Å²) in [5.74, 6) is 0. The summed E-state index contributed by atoms with van der Waals surface area (Å²) < 4.78 is 0. The van der Waals surface area contributed by atoms with E-state index in [1.807, 2.05) is 12.1 Å². The first-order valence-corrected chi connectivity index (χ1v) is 10.2. The second kappa shape index (κ2) is 6.34. The maximum absolute atomic E-state index is 6.07. The molecule has 1 aliphatic carbocycles. The lowest BCUT2D eigenvalue weighted by atomic mass is 9.92. The highest BCUT2D eigenvalue weighted by Gasteiger charge is 2.22. The quantitative estimate of drug-likeness (QED) is 0.279. The van der Waals surface area contributed by atoms with Gasteiger partial charge in [0, 0.05) is 5.02 Å². The highest BCUT2D eigenvalue weighted by molar-refractivity contribution is 6.30. The molecule has 0 bridgehead atoms. The van der Waals surface area contributed by atoms with E-state index in [1.165, 1.54) is 55.3 Å². The minimum atomic E-state index is 0.761. The Kier molecular flexibility index (Phi) is 3.62. The number of hydrogen-bond acceptors (Lipinski definition) is 0. The van der Waals surface area contributed by atoms with Crippen LogP contribution >= 0.6 is 11.6 Å². The van der Waals surface area contributed by atoms with Gasteiger partial charge >= 0.3 is 0 Å². The number of hydrogen-bond donors (Lipinski definition) is 0. The van der Waals surface area contributed by atoms with Gasteiger partial charge in [0.25, 0.3) is 0 Å². The van der Waals surface area contributed by atoms with E-state index in [4.69, 9.17) is 11.6 Å². The molecule has 0 atom stereocenters. The fourth-order valence-corrected chi connectivity index (χ4v) is 4.69. The second-order valence-corrected chi connectivity index (χ2v) is 7.96. The molecule has 0 radical (unpaired) electrons. The van der Waals surface area contributed by atoms with Crippen molar-refractivity contribution >= 4 is 22.4 Å². The van der Waals surface area contributed by atoms with Gasteiger partial charge in [-0.25, -0.2) is 0 Å². The molecule has 5 aromatic rings. The summed E-state index contributed by atoms with van der Waals surface area (Å²) in [6.07, 6.45) is 0. The number of halogens is 1. The maximum atomic E-state index is 6.07. The predicted octanol–water partition coefficient (Wildman–Crippen LogP) is 8.47. The van der Waals surface area contributed by atoms with Gasteiger partial charge in [0.15, 0.2) is 0 Å². The van der Waals surface area contributed by atoms with E-state index in [0.29, 0.717) is 0 Å². The molecule has 0 nitrogen and oxygen atoms in total. The first-order valence-electron chi connectivity index (χ1n) is 9.81. The van der Waals surface area contributed by atoms with E-state index in [9.17, 15) is 0 Å². The summed E-state index contributed by atoms with van der Waals surface area (Å²) in [5.41, 5.74) is 10.2. The molecule has 1 heteroatoms. The Morgan fingerprint density at radius 3 is 1.83 bits per heavy atom. The molecule has 0 unspecified atom stereocenters. The van der Waals surface area contributed by atoms with Crippen LogP contribution in [0.3, 0.4) is 0 Å². The van der Waals surface area contributed by atoms with E-state index >= 15 is 0 Å². The summed E-state index contributed by atoms with van der Waals surface area (Å²) in [4.78, 5) is 0. The molecule has 1 aliphatic rings. The summed E-state index contributed by atoms with van der Waals surface area (Å²) >= 11 is 6.07. The molecule has 0 spiro atoms. The maximum Gasteiger partial charge on any atom is 0.0406 e. The van der Waals surface area contributed by atoms with E-state index in [0.717, 1.165) is 5.02 Å². The van der Waals surface area contributed by atoms with Crippen LogP contribution in [0.25, 0.3) is 55.3 Å². The molecule has 0 amide bonds. The smallest absolute Gasteiger partial charge is 0.0406 e. The van der Waals surface area contributed by atoms with Crippen molar-refractivity contribution in [1.29, 1.82) is 0 Å². The van der Waals surface area contributed by atoms with Crippen LogP contribution in [-0.4, -0.2) is 0 Å². The molecule has 0 aliphatic heterocycles. The minimum absolute atomic E-state index is 0.761. The van der Waals surface area contributed by atoms with Crippen molar-refractivity contribution in [2.24, 2.45) is 0 Å². The molecule has 0 aromatic heterocycles. The molecule has 0 heterocycles. The first kappa shape index (κ1) is 16.6. The highest BCUT2D eigenvalue weighted by atomic mass is 35.5. The Morgan fingerprint density at radius 1 is 0.414 bits per heavy atom. The zero-order chi connectivity index (χ0) is 19.4. The van der Waals surface area contributed by atoms with E-state index in [-0.39, 0.29) is 0 Å². The lowest BCUT2D eigenvalue weighted by Gasteiger charge is -2.11. The summed E-state index contributed by atoms with van der Waals surface area (Å²) in [6, 6.07) is 36.7. The molecular weight excluding hydrogens is 372 g/mol. The van der Waals surface area contributed by atoms with Gasteiger partial charge in [-0.3, -0.25) is 0 Å². The average molecular weight is 389 g/mol. The van der Waals surface area contributed by atoms with Crippen LogP contribution in [0.2, 0.25) is 5.02 Å². The van der Waals surface area contributed by atoms with Gasteiger partial charge in [-0.05, 0) is 73.5 Å². The zero-order valence-electron chi connectivity index (χ0n) is 15.7. The van der Waals surface area contributed by atoms with Crippen molar-refractivity contribution in [3.63, 3.8) is 0 Å². The average Bonchev–Trinajstić information content (AvgIpc) is 3.10. The van der Waals surface area contributed by atoms with Crippen LogP contribution < -0.4 is 0 Å². The predicted molar refractivity (Wildman–Crippen MR) is 124 cm³/mol. The van der Waals surface area contributed by atoms with Gasteiger partial charge in [-0.2, -0.15) is 0 Å². The monoisotopic (exact) mass is 388 g/mol. The molecule has 5 aromatic carbocycles. The summed E-state index contributed by atoms with van der Waals surface area (Å²) in [5, 5.41) is 3.43. The van der Waals surface area contributed by atoms with Crippen molar-refractivity contribution in [2.75, 3.05) is 0 Å². The highest BCUT2D eigenvalue weighted by Crippen LogP contribution is 2.49. The first-order chi connectivity index (χ1) is 14.3. The van der Waals surface area contributed by atoms with Crippen LogP contribution in [-0.2, 0) is 0 Å².